The zero-order chi connectivity index (χ0) is 14.0. The number of ether oxygens (including phenoxy) is 1. The summed E-state index contributed by atoms with van der Waals surface area (Å²) in [6.45, 7) is 3.46. The van der Waals surface area contributed by atoms with Crippen molar-refractivity contribution in [3.8, 4) is 0 Å². The molecule has 3 rings (SSSR count). The first-order chi connectivity index (χ1) is 9.79. The molecule has 116 valence electrons. The summed E-state index contributed by atoms with van der Waals surface area (Å²) in [6, 6.07) is 0.670. The summed E-state index contributed by atoms with van der Waals surface area (Å²) < 4.78 is 5.89. The van der Waals surface area contributed by atoms with Crippen molar-refractivity contribution < 1.29 is 9.84 Å². The van der Waals surface area contributed by atoms with Gasteiger partial charge in [0, 0.05) is 18.1 Å². The second-order valence-corrected chi connectivity index (χ2v) is 6.89. The van der Waals surface area contributed by atoms with Crippen LogP contribution in [-0.2, 0) is 4.74 Å². The Balaban J connectivity index is 1.56. The Morgan fingerprint density at radius 3 is 3.00 bits per heavy atom. The number of morpholine rings is 1. The molecule has 1 aliphatic heterocycles. The number of nitrogens with zero attached hydrogens (tertiary/aromatic N) is 1. The smallest absolute Gasteiger partial charge is 0.0730 e. The highest BCUT2D eigenvalue weighted by molar-refractivity contribution is 4.99. The summed E-state index contributed by atoms with van der Waals surface area (Å²) in [6.07, 6.45) is 9.24. The number of likely N-dealkylation sites (N-methyl/N-ethyl adjacent to an activating group) is 1. The predicted molar refractivity (Wildman–Crippen MR) is 79.8 cm³/mol. The molecule has 0 amide bonds. The molecule has 2 saturated carbocycles. The van der Waals surface area contributed by atoms with Crippen molar-refractivity contribution in [3.63, 3.8) is 0 Å². The van der Waals surface area contributed by atoms with Crippen molar-refractivity contribution in [1.82, 2.24) is 10.2 Å². The van der Waals surface area contributed by atoms with Crippen LogP contribution in [0.15, 0.2) is 0 Å². The lowest BCUT2D eigenvalue weighted by atomic mass is 9.85. The molecule has 20 heavy (non-hydrogen) atoms. The number of rotatable bonds is 5. The maximum atomic E-state index is 9.78. The normalized spacial score (nSPS) is 42.0. The Bertz CT molecular complexity index is 320. The van der Waals surface area contributed by atoms with Crippen LogP contribution in [0.2, 0.25) is 0 Å². The van der Waals surface area contributed by atoms with Gasteiger partial charge in [-0.05, 0) is 58.0 Å². The van der Waals surface area contributed by atoms with Crippen LogP contribution in [0.5, 0.6) is 0 Å². The molecule has 0 aromatic rings. The summed E-state index contributed by atoms with van der Waals surface area (Å²) in [7, 11) is 2.01. The van der Waals surface area contributed by atoms with Crippen molar-refractivity contribution in [2.45, 2.75) is 62.6 Å². The monoisotopic (exact) mass is 282 g/mol. The fourth-order valence-electron chi connectivity index (χ4n) is 4.79. The first-order valence-corrected chi connectivity index (χ1v) is 8.44. The topological polar surface area (TPSA) is 44.7 Å². The summed E-state index contributed by atoms with van der Waals surface area (Å²) in [4.78, 5) is 2.66. The van der Waals surface area contributed by atoms with E-state index in [2.05, 4.69) is 10.2 Å². The molecule has 3 aliphatic rings. The van der Waals surface area contributed by atoms with Gasteiger partial charge in [0.15, 0.2) is 0 Å². The van der Waals surface area contributed by atoms with Gasteiger partial charge >= 0.3 is 0 Å². The van der Waals surface area contributed by atoms with Gasteiger partial charge in [-0.1, -0.05) is 6.42 Å². The largest absolute Gasteiger partial charge is 0.394 e. The third-order valence-electron chi connectivity index (χ3n) is 6.10. The van der Waals surface area contributed by atoms with E-state index in [0.717, 1.165) is 19.6 Å². The van der Waals surface area contributed by atoms with E-state index in [1.807, 2.05) is 7.05 Å². The first kappa shape index (κ1) is 14.8. The Morgan fingerprint density at radius 2 is 2.20 bits per heavy atom. The molecule has 4 nitrogen and oxygen atoms in total. The van der Waals surface area contributed by atoms with Crippen LogP contribution < -0.4 is 5.32 Å². The molecule has 1 saturated heterocycles. The summed E-state index contributed by atoms with van der Waals surface area (Å²) in [5, 5.41) is 13.2. The minimum Gasteiger partial charge on any atom is -0.394 e. The first-order valence-electron chi connectivity index (χ1n) is 8.44. The molecular formula is C16H30N2O2. The van der Waals surface area contributed by atoms with Crippen LogP contribution in [0.4, 0.5) is 0 Å². The van der Waals surface area contributed by atoms with E-state index >= 15 is 0 Å². The van der Waals surface area contributed by atoms with Gasteiger partial charge in [-0.3, -0.25) is 4.90 Å². The van der Waals surface area contributed by atoms with Crippen LogP contribution in [-0.4, -0.2) is 61.0 Å². The number of hydrogen-bond acceptors (Lipinski definition) is 4. The Morgan fingerprint density at radius 1 is 1.30 bits per heavy atom. The van der Waals surface area contributed by atoms with E-state index in [4.69, 9.17) is 4.74 Å². The van der Waals surface area contributed by atoms with Crippen molar-refractivity contribution >= 4 is 0 Å². The van der Waals surface area contributed by atoms with Crippen molar-refractivity contribution in [2.24, 2.45) is 5.92 Å². The van der Waals surface area contributed by atoms with Crippen LogP contribution >= 0.6 is 0 Å². The van der Waals surface area contributed by atoms with E-state index in [9.17, 15) is 5.11 Å². The summed E-state index contributed by atoms with van der Waals surface area (Å²) in [5.41, 5.74) is -0.0125. The lowest BCUT2D eigenvalue weighted by molar-refractivity contribution is -0.0580. The van der Waals surface area contributed by atoms with Crippen LogP contribution in [0.25, 0.3) is 0 Å². The molecule has 4 heteroatoms. The molecule has 2 N–H and O–H groups in total. The molecule has 0 aromatic heterocycles. The minimum atomic E-state index is -0.0125. The highest BCUT2D eigenvalue weighted by Crippen LogP contribution is 2.38. The molecule has 4 atom stereocenters. The Labute approximate surface area is 122 Å². The molecule has 1 heterocycles. The van der Waals surface area contributed by atoms with Crippen molar-refractivity contribution in [3.05, 3.63) is 0 Å². The fraction of sp³-hybridized carbons (Fsp3) is 1.00. The zero-order valence-electron chi connectivity index (χ0n) is 12.8. The van der Waals surface area contributed by atoms with Gasteiger partial charge in [-0.15, -0.1) is 0 Å². The van der Waals surface area contributed by atoms with Crippen molar-refractivity contribution in [1.29, 1.82) is 0 Å². The molecule has 0 radical (unpaired) electrons. The fourth-order valence-corrected chi connectivity index (χ4v) is 4.79. The molecule has 3 fully saturated rings. The van der Waals surface area contributed by atoms with Gasteiger partial charge in [0.25, 0.3) is 0 Å². The van der Waals surface area contributed by atoms with Crippen LogP contribution in [0, 0.1) is 5.92 Å². The van der Waals surface area contributed by atoms with E-state index in [1.165, 1.54) is 45.1 Å². The van der Waals surface area contributed by atoms with Crippen LogP contribution in [0.1, 0.15) is 44.9 Å². The molecular weight excluding hydrogens is 252 g/mol. The quantitative estimate of drug-likeness (QED) is 0.800. The summed E-state index contributed by atoms with van der Waals surface area (Å²) in [5.74, 6) is 0.625. The van der Waals surface area contributed by atoms with E-state index in [1.54, 1.807) is 0 Å². The highest BCUT2D eigenvalue weighted by Gasteiger charge is 2.42. The predicted octanol–water partition coefficient (Wildman–Crippen LogP) is 1.38. The third-order valence-corrected chi connectivity index (χ3v) is 6.10. The molecule has 0 spiro atoms. The zero-order valence-corrected chi connectivity index (χ0v) is 12.8. The SMILES string of the molecule is CNC1(CO)CCCC1CCN1CCOC2CCCC21. The van der Waals surface area contributed by atoms with Crippen LogP contribution in [0.3, 0.4) is 0 Å². The van der Waals surface area contributed by atoms with E-state index in [-0.39, 0.29) is 12.1 Å². The van der Waals surface area contributed by atoms with Gasteiger partial charge in [0.05, 0.1) is 19.3 Å². The lowest BCUT2D eigenvalue weighted by Gasteiger charge is -2.40. The molecule has 4 unspecified atom stereocenters. The number of fused-ring (bicyclic) bond motifs is 1. The average molecular weight is 282 g/mol. The number of aliphatic hydroxyl groups is 1. The number of hydrogen-bond donors (Lipinski definition) is 2. The van der Waals surface area contributed by atoms with Gasteiger partial charge in [-0.25, -0.2) is 0 Å². The van der Waals surface area contributed by atoms with Gasteiger partial charge in [0.1, 0.15) is 0 Å². The molecule has 0 aromatic carbocycles. The average Bonchev–Trinajstić information content (AvgIpc) is 3.12. The third kappa shape index (κ3) is 2.63. The van der Waals surface area contributed by atoms with Gasteiger partial charge in [-0.2, -0.15) is 0 Å². The van der Waals surface area contributed by atoms with Gasteiger partial charge in [0.2, 0.25) is 0 Å². The second kappa shape index (κ2) is 6.30. The standard InChI is InChI=1S/C16H30N2O2/c1-17-16(12-19)8-3-4-13(16)7-9-18-10-11-20-15-6-2-5-14(15)18/h13-15,17,19H,2-12H2,1H3. The second-order valence-electron chi connectivity index (χ2n) is 6.89. The van der Waals surface area contributed by atoms with Gasteiger partial charge < -0.3 is 15.2 Å². The maximum absolute atomic E-state index is 9.78. The van der Waals surface area contributed by atoms with Crippen molar-refractivity contribution in [2.75, 3.05) is 33.4 Å². The number of aliphatic hydroxyl groups excluding tert-OH is 1. The lowest BCUT2D eigenvalue weighted by Crippen LogP contribution is -2.52. The molecule has 2 aliphatic carbocycles. The number of nitrogens with one attached hydrogen (secondary N) is 1. The maximum Gasteiger partial charge on any atom is 0.0730 e. The minimum absolute atomic E-state index is 0.0125. The van der Waals surface area contributed by atoms with E-state index < -0.39 is 0 Å². The Kier molecular flexibility index (Phi) is 4.65. The Hall–Kier alpha value is -0.160. The molecule has 0 bridgehead atoms. The summed E-state index contributed by atoms with van der Waals surface area (Å²) >= 11 is 0. The van der Waals surface area contributed by atoms with E-state index in [0.29, 0.717) is 18.1 Å². The highest BCUT2D eigenvalue weighted by atomic mass is 16.5.